The number of carbonyl (C=O) groups excluding carboxylic acids is 1. The summed E-state index contributed by atoms with van der Waals surface area (Å²) in [5, 5.41) is 11.3. The Morgan fingerprint density at radius 1 is 1.38 bits per heavy atom. The van der Waals surface area contributed by atoms with E-state index in [0.717, 1.165) is 25.7 Å². The Bertz CT molecular complexity index is 531. The SMILES string of the molecule is CCN(CC)CCNC(=O)c1ccc(C#CCO)c(F)c1. The number of aliphatic hydroxyl groups is 1. The van der Waals surface area contributed by atoms with E-state index in [2.05, 4.69) is 35.9 Å². The highest BCUT2D eigenvalue weighted by molar-refractivity contribution is 5.94. The molecule has 0 aliphatic carbocycles. The predicted molar refractivity (Wildman–Crippen MR) is 80.5 cm³/mol. The molecule has 1 amide bonds. The van der Waals surface area contributed by atoms with Crippen LogP contribution in [0.5, 0.6) is 0 Å². The second-order valence-electron chi connectivity index (χ2n) is 4.44. The van der Waals surface area contributed by atoms with Crippen LogP contribution in [0.15, 0.2) is 18.2 Å². The first kappa shape index (κ1) is 17.2. The molecule has 0 radical (unpaired) electrons. The van der Waals surface area contributed by atoms with Crippen molar-refractivity contribution in [3.05, 3.63) is 35.1 Å². The second-order valence-corrected chi connectivity index (χ2v) is 4.44. The van der Waals surface area contributed by atoms with Gasteiger partial charge < -0.3 is 15.3 Å². The zero-order valence-corrected chi connectivity index (χ0v) is 12.4. The number of likely N-dealkylation sites (N-methyl/N-ethyl adjacent to an activating group) is 1. The maximum Gasteiger partial charge on any atom is 0.251 e. The molecule has 0 aliphatic heterocycles. The van der Waals surface area contributed by atoms with Crippen molar-refractivity contribution in [3.8, 4) is 11.8 Å². The van der Waals surface area contributed by atoms with Gasteiger partial charge in [-0.1, -0.05) is 25.7 Å². The van der Waals surface area contributed by atoms with Crippen molar-refractivity contribution in [1.82, 2.24) is 10.2 Å². The Morgan fingerprint density at radius 3 is 2.67 bits per heavy atom. The summed E-state index contributed by atoms with van der Waals surface area (Å²) in [7, 11) is 0. The zero-order valence-electron chi connectivity index (χ0n) is 12.4. The summed E-state index contributed by atoms with van der Waals surface area (Å²) < 4.78 is 13.7. The van der Waals surface area contributed by atoms with Gasteiger partial charge in [-0.25, -0.2) is 4.39 Å². The van der Waals surface area contributed by atoms with Crippen LogP contribution in [0.2, 0.25) is 0 Å². The van der Waals surface area contributed by atoms with Crippen LogP contribution in [0.4, 0.5) is 4.39 Å². The third-order valence-corrected chi connectivity index (χ3v) is 3.14. The summed E-state index contributed by atoms with van der Waals surface area (Å²) in [4.78, 5) is 14.1. The standard InChI is InChI=1S/C16H21FN2O2/c1-3-19(4-2)10-9-18-16(21)14-8-7-13(6-5-11-20)15(17)12-14/h7-8,12,20H,3-4,9-11H2,1-2H3,(H,18,21). The Hall–Kier alpha value is -1.90. The molecule has 114 valence electrons. The summed E-state index contributed by atoms with van der Waals surface area (Å²) in [6, 6.07) is 4.13. The van der Waals surface area contributed by atoms with Crippen LogP contribution in [0.1, 0.15) is 29.8 Å². The van der Waals surface area contributed by atoms with Gasteiger partial charge in [0.2, 0.25) is 0 Å². The van der Waals surface area contributed by atoms with Crippen LogP contribution in [0.25, 0.3) is 0 Å². The summed E-state index contributed by atoms with van der Waals surface area (Å²) >= 11 is 0. The van der Waals surface area contributed by atoms with Gasteiger partial charge in [0.1, 0.15) is 12.4 Å². The van der Waals surface area contributed by atoms with Crippen molar-refractivity contribution in [3.63, 3.8) is 0 Å². The van der Waals surface area contributed by atoms with Gasteiger partial charge in [-0.2, -0.15) is 0 Å². The first-order valence-corrected chi connectivity index (χ1v) is 7.02. The van der Waals surface area contributed by atoms with Gasteiger partial charge in [0, 0.05) is 18.7 Å². The van der Waals surface area contributed by atoms with E-state index < -0.39 is 5.82 Å². The van der Waals surface area contributed by atoms with E-state index in [-0.39, 0.29) is 23.6 Å². The van der Waals surface area contributed by atoms with Crippen molar-refractivity contribution in [2.45, 2.75) is 13.8 Å². The van der Waals surface area contributed by atoms with Crippen LogP contribution >= 0.6 is 0 Å². The lowest BCUT2D eigenvalue weighted by Crippen LogP contribution is -2.34. The van der Waals surface area contributed by atoms with Gasteiger partial charge in [0.25, 0.3) is 5.91 Å². The lowest BCUT2D eigenvalue weighted by Gasteiger charge is -2.17. The smallest absolute Gasteiger partial charge is 0.251 e. The Labute approximate surface area is 125 Å². The maximum atomic E-state index is 13.7. The number of nitrogens with one attached hydrogen (secondary N) is 1. The molecule has 1 rings (SSSR count). The molecular formula is C16H21FN2O2. The average molecular weight is 292 g/mol. The lowest BCUT2D eigenvalue weighted by atomic mass is 10.1. The second kappa shape index (κ2) is 9.11. The fraction of sp³-hybridized carbons (Fsp3) is 0.438. The highest BCUT2D eigenvalue weighted by Crippen LogP contribution is 2.09. The molecule has 1 aromatic carbocycles. The number of aliphatic hydroxyl groups excluding tert-OH is 1. The molecule has 0 unspecified atom stereocenters. The topological polar surface area (TPSA) is 52.6 Å². The van der Waals surface area contributed by atoms with Crippen LogP contribution in [-0.4, -0.2) is 48.7 Å². The third-order valence-electron chi connectivity index (χ3n) is 3.14. The summed E-state index contributed by atoms with van der Waals surface area (Å²) in [6.45, 7) is 6.95. The van der Waals surface area contributed by atoms with E-state index in [4.69, 9.17) is 5.11 Å². The Balaban J connectivity index is 2.61. The van der Waals surface area contributed by atoms with Crippen molar-refractivity contribution in [2.24, 2.45) is 0 Å². The molecule has 0 aliphatic rings. The highest BCUT2D eigenvalue weighted by atomic mass is 19.1. The van der Waals surface area contributed by atoms with Crippen molar-refractivity contribution < 1.29 is 14.3 Å². The first-order chi connectivity index (χ1) is 10.1. The van der Waals surface area contributed by atoms with E-state index in [1.54, 1.807) is 0 Å². The molecule has 2 N–H and O–H groups in total. The van der Waals surface area contributed by atoms with Crippen molar-refractivity contribution in [2.75, 3.05) is 32.8 Å². The molecular weight excluding hydrogens is 271 g/mol. The van der Waals surface area contributed by atoms with E-state index in [1.807, 2.05) is 0 Å². The van der Waals surface area contributed by atoms with E-state index in [1.165, 1.54) is 12.1 Å². The zero-order chi connectivity index (χ0) is 15.7. The largest absolute Gasteiger partial charge is 0.384 e. The minimum atomic E-state index is -0.563. The average Bonchev–Trinajstić information content (AvgIpc) is 2.50. The third kappa shape index (κ3) is 5.54. The monoisotopic (exact) mass is 292 g/mol. The van der Waals surface area contributed by atoms with Crippen molar-refractivity contribution in [1.29, 1.82) is 0 Å². The van der Waals surface area contributed by atoms with Gasteiger partial charge in [-0.05, 0) is 31.3 Å². The number of carbonyl (C=O) groups is 1. The van der Waals surface area contributed by atoms with Crippen LogP contribution in [0, 0.1) is 17.7 Å². The van der Waals surface area contributed by atoms with Crippen LogP contribution < -0.4 is 5.32 Å². The molecule has 5 heteroatoms. The van der Waals surface area contributed by atoms with Gasteiger partial charge in [0.15, 0.2) is 0 Å². The van der Waals surface area contributed by atoms with Gasteiger partial charge >= 0.3 is 0 Å². The van der Waals surface area contributed by atoms with E-state index >= 15 is 0 Å². The maximum absolute atomic E-state index is 13.7. The van der Waals surface area contributed by atoms with Gasteiger partial charge in [-0.15, -0.1) is 0 Å². The number of amides is 1. The predicted octanol–water partition coefficient (Wildman–Crippen LogP) is 1.24. The van der Waals surface area contributed by atoms with Gasteiger partial charge in [0.05, 0.1) is 5.56 Å². The summed E-state index contributed by atoms with van der Waals surface area (Å²) in [5.74, 6) is 4.00. The molecule has 0 heterocycles. The van der Waals surface area contributed by atoms with Crippen LogP contribution in [-0.2, 0) is 0 Å². The fourth-order valence-corrected chi connectivity index (χ4v) is 1.86. The highest BCUT2D eigenvalue weighted by Gasteiger charge is 2.09. The van der Waals surface area contributed by atoms with Crippen molar-refractivity contribution >= 4 is 5.91 Å². The molecule has 0 bridgehead atoms. The fourth-order valence-electron chi connectivity index (χ4n) is 1.86. The van der Waals surface area contributed by atoms with Gasteiger partial charge in [-0.3, -0.25) is 4.79 Å². The normalized spacial score (nSPS) is 10.1. The molecule has 21 heavy (non-hydrogen) atoms. The number of nitrogens with zero attached hydrogens (tertiary/aromatic N) is 1. The molecule has 0 fully saturated rings. The molecule has 0 saturated heterocycles. The lowest BCUT2D eigenvalue weighted by molar-refractivity contribution is 0.0948. The number of halogens is 1. The van der Waals surface area contributed by atoms with Crippen LogP contribution in [0.3, 0.4) is 0 Å². The van der Waals surface area contributed by atoms with E-state index in [0.29, 0.717) is 6.54 Å². The molecule has 0 aromatic heterocycles. The van der Waals surface area contributed by atoms with E-state index in [9.17, 15) is 9.18 Å². The molecule has 1 aromatic rings. The Morgan fingerprint density at radius 2 is 2.10 bits per heavy atom. The number of benzene rings is 1. The minimum Gasteiger partial charge on any atom is -0.384 e. The quantitative estimate of drug-likeness (QED) is 0.776. The molecule has 0 atom stereocenters. The number of rotatable bonds is 6. The Kier molecular flexibility index (Phi) is 7.44. The molecule has 4 nitrogen and oxygen atoms in total. The minimum absolute atomic E-state index is 0.170. The first-order valence-electron chi connectivity index (χ1n) is 7.02. The summed E-state index contributed by atoms with van der Waals surface area (Å²) in [6.07, 6.45) is 0. The number of hydrogen-bond donors (Lipinski definition) is 2. The molecule has 0 spiro atoms. The number of hydrogen-bond acceptors (Lipinski definition) is 3. The molecule has 0 saturated carbocycles. The summed E-state index contributed by atoms with van der Waals surface area (Å²) in [5.41, 5.74) is 0.435.